The lowest BCUT2D eigenvalue weighted by Gasteiger charge is -2.05. The molecule has 0 spiro atoms. The smallest absolute Gasteiger partial charge is 0.277 e. The van der Waals surface area contributed by atoms with Gasteiger partial charge in [0.2, 0.25) is 5.09 Å². The average Bonchev–Trinajstić information content (AvgIpc) is 2.94. The molecule has 1 aromatic carbocycles. The van der Waals surface area contributed by atoms with Crippen molar-refractivity contribution in [2.24, 2.45) is 5.10 Å². The number of nitrogens with zero attached hydrogens (tertiary/aromatic N) is 1. The van der Waals surface area contributed by atoms with Gasteiger partial charge in [-0.3, -0.25) is 4.79 Å². The quantitative estimate of drug-likeness (QED) is 0.477. The number of amides is 1. The Balaban J connectivity index is 1.83. The summed E-state index contributed by atoms with van der Waals surface area (Å²) in [6, 6.07) is 9.45. The number of hydrazone groups is 1. The highest BCUT2D eigenvalue weighted by Gasteiger charge is 2.06. The van der Waals surface area contributed by atoms with E-state index in [4.69, 9.17) is 9.15 Å². The van der Waals surface area contributed by atoms with Crippen LogP contribution in [0.3, 0.4) is 0 Å². The normalized spacial score (nSPS) is 11.6. The number of carbonyl (C=O) groups is 1. The van der Waals surface area contributed by atoms with Crippen molar-refractivity contribution >= 4 is 22.2 Å². The molecule has 0 unspecified atom stereocenters. The summed E-state index contributed by atoms with van der Waals surface area (Å²) in [5.74, 6) is 0.0609. The Kier molecular flexibility index (Phi) is 5.14. The molecule has 0 aliphatic heterocycles. The Labute approximate surface area is 132 Å². The van der Waals surface area contributed by atoms with Crippen LogP contribution in [0, 0.1) is 6.92 Å². The molecule has 0 bridgehead atoms. The first-order valence-electron chi connectivity index (χ1n) is 6.42. The summed E-state index contributed by atoms with van der Waals surface area (Å²) < 4.78 is 42.1. The summed E-state index contributed by atoms with van der Waals surface area (Å²) >= 11 is 0. The predicted octanol–water partition coefficient (Wildman–Crippen LogP) is 1.02. The van der Waals surface area contributed by atoms with Crippen molar-refractivity contribution < 1.29 is 26.9 Å². The fourth-order valence-electron chi connectivity index (χ4n) is 1.59. The first-order chi connectivity index (χ1) is 10.8. The second kappa shape index (κ2) is 7.07. The maximum absolute atomic E-state index is 11.5. The topological polar surface area (TPSA) is 121 Å². The summed E-state index contributed by atoms with van der Waals surface area (Å²) in [5, 5.41) is 2.86. The minimum atomic E-state index is -4.65. The number of nitrogens with one attached hydrogen (secondary N) is 1. The molecule has 0 aliphatic carbocycles. The van der Waals surface area contributed by atoms with E-state index in [-0.39, 0.29) is 12.4 Å². The molecule has 8 nitrogen and oxygen atoms in total. The van der Waals surface area contributed by atoms with Crippen LogP contribution >= 0.6 is 0 Å². The fourth-order valence-corrected chi connectivity index (χ4v) is 2.03. The van der Waals surface area contributed by atoms with Crippen molar-refractivity contribution in [3.63, 3.8) is 0 Å². The number of rotatable bonds is 6. The number of benzene rings is 1. The Morgan fingerprint density at radius 3 is 2.83 bits per heavy atom. The number of carbonyl (C=O) groups excluding carboxylic acids is 1. The van der Waals surface area contributed by atoms with Gasteiger partial charge >= 0.3 is 0 Å². The summed E-state index contributed by atoms with van der Waals surface area (Å²) in [7, 11) is -4.65. The molecule has 0 saturated heterocycles. The maximum atomic E-state index is 11.5. The second-order valence-electron chi connectivity index (χ2n) is 4.51. The Hall–Kier alpha value is -2.65. The molecule has 1 N–H and O–H groups in total. The number of hydrogen-bond acceptors (Lipinski definition) is 7. The lowest BCUT2D eigenvalue weighted by molar-refractivity contribution is -0.123. The van der Waals surface area contributed by atoms with Crippen molar-refractivity contribution in [3.05, 3.63) is 47.7 Å². The van der Waals surface area contributed by atoms with E-state index in [0.29, 0.717) is 5.75 Å². The van der Waals surface area contributed by atoms with Gasteiger partial charge in [-0.1, -0.05) is 12.1 Å². The van der Waals surface area contributed by atoms with E-state index in [1.807, 2.05) is 13.0 Å². The van der Waals surface area contributed by atoms with Crippen LogP contribution in [0.5, 0.6) is 5.75 Å². The molecule has 1 heterocycles. The molecule has 9 heteroatoms. The minimum absolute atomic E-state index is 0.0133. The second-order valence-corrected chi connectivity index (χ2v) is 5.82. The van der Waals surface area contributed by atoms with Gasteiger partial charge in [0.1, 0.15) is 11.5 Å². The van der Waals surface area contributed by atoms with Gasteiger partial charge in [0.05, 0.1) is 6.21 Å². The maximum Gasteiger partial charge on any atom is 0.277 e. The molecule has 0 saturated carbocycles. The molecule has 2 rings (SSSR count). The van der Waals surface area contributed by atoms with Crippen LogP contribution in [-0.2, 0) is 14.9 Å². The van der Waals surface area contributed by atoms with Gasteiger partial charge < -0.3 is 13.7 Å². The summed E-state index contributed by atoms with van der Waals surface area (Å²) in [4.78, 5) is 11.5. The lowest BCUT2D eigenvalue weighted by Crippen LogP contribution is -2.24. The monoisotopic (exact) mass is 337 g/mol. The van der Waals surface area contributed by atoms with Crippen LogP contribution in [0.1, 0.15) is 11.3 Å². The zero-order valence-corrected chi connectivity index (χ0v) is 12.9. The molecule has 2 aromatic rings. The summed E-state index contributed by atoms with van der Waals surface area (Å²) in [6.45, 7) is 1.66. The van der Waals surface area contributed by atoms with Gasteiger partial charge in [0.25, 0.3) is 5.91 Å². The van der Waals surface area contributed by atoms with E-state index in [1.165, 1.54) is 6.07 Å². The highest BCUT2D eigenvalue weighted by molar-refractivity contribution is 7.85. The van der Waals surface area contributed by atoms with Gasteiger partial charge in [-0.15, -0.1) is 0 Å². The summed E-state index contributed by atoms with van der Waals surface area (Å²) in [6.07, 6.45) is 1.07. The fraction of sp³-hybridized carbons (Fsp3) is 0.143. The Morgan fingerprint density at radius 1 is 1.39 bits per heavy atom. The first-order valence-corrected chi connectivity index (χ1v) is 7.82. The summed E-state index contributed by atoms with van der Waals surface area (Å²) in [5.41, 5.74) is 3.18. The molecule has 1 aromatic heterocycles. The average molecular weight is 337 g/mol. The predicted molar refractivity (Wildman–Crippen MR) is 79.1 cm³/mol. The lowest BCUT2D eigenvalue weighted by atomic mass is 10.2. The van der Waals surface area contributed by atoms with E-state index >= 15 is 0 Å². The zero-order chi connectivity index (χ0) is 16.9. The van der Waals surface area contributed by atoms with Crippen molar-refractivity contribution in [1.29, 1.82) is 0 Å². The first kappa shape index (κ1) is 16.7. The van der Waals surface area contributed by atoms with Crippen LogP contribution in [0.25, 0.3) is 0 Å². The van der Waals surface area contributed by atoms with Gasteiger partial charge in [0.15, 0.2) is 16.7 Å². The third-order valence-corrected chi connectivity index (χ3v) is 3.30. The van der Waals surface area contributed by atoms with Crippen LogP contribution in [0.4, 0.5) is 0 Å². The van der Waals surface area contributed by atoms with Gasteiger partial charge in [-0.2, -0.15) is 5.10 Å². The van der Waals surface area contributed by atoms with E-state index in [9.17, 15) is 17.8 Å². The molecule has 122 valence electrons. The minimum Gasteiger partial charge on any atom is -0.742 e. The number of furan rings is 1. The van der Waals surface area contributed by atoms with Gasteiger partial charge in [-0.05, 0) is 36.8 Å². The molecule has 0 aliphatic rings. The van der Waals surface area contributed by atoms with Crippen molar-refractivity contribution in [1.82, 2.24) is 5.43 Å². The molecule has 23 heavy (non-hydrogen) atoms. The van der Waals surface area contributed by atoms with E-state index < -0.39 is 21.1 Å². The van der Waals surface area contributed by atoms with E-state index in [1.54, 1.807) is 18.2 Å². The van der Waals surface area contributed by atoms with Crippen LogP contribution in [-0.4, -0.2) is 31.7 Å². The SMILES string of the molecule is Cc1cccc(OCC(=O)N/N=C\c2ccc(S(=O)(=O)[O-])o2)c1. The molecular weight excluding hydrogens is 324 g/mol. The van der Waals surface area contributed by atoms with Crippen molar-refractivity contribution in [3.8, 4) is 5.75 Å². The van der Waals surface area contributed by atoms with Crippen molar-refractivity contribution in [2.75, 3.05) is 6.61 Å². The van der Waals surface area contributed by atoms with Crippen LogP contribution < -0.4 is 10.2 Å². The number of aryl methyl sites for hydroxylation is 1. The molecule has 0 atom stereocenters. The Morgan fingerprint density at radius 2 is 2.17 bits per heavy atom. The third-order valence-electron chi connectivity index (χ3n) is 2.59. The van der Waals surface area contributed by atoms with Crippen LogP contribution in [0.15, 0.2) is 51.0 Å². The number of ether oxygens (including phenoxy) is 1. The largest absolute Gasteiger partial charge is 0.742 e. The molecule has 0 radical (unpaired) electrons. The molecule has 1 amide bonds. The molecule has 0 fully saturated rings. The molecular formula is C14H13N2O6S-. The van der Waals surface area contributed by atoms with E-state index in [0.717, 1.165) is 17.8 Å². The Bertz CT molecular complexity index is 825. The van der Waals surface area contributed by atoms with Crippen LogP contribution in [0.2, 0.25) is 0 Å². The number of hydrogen-bond donors (Lipinski definition) is 1. The van der Waals surface area contributed by atoms with Gasteiger partial charge in [-0.25, -0.2) is 13.8 Å². The van der Waals surface area contributed by atoms with E-state index in [2.05, 4.69) is 10.5 Å². The highest BCUT2D eigenvalue weighted by atomic mass is 32.2. The third kappa shape index (κ3) is 5.24. The zero-order valence-electron chi connectivity index (χ0n) is 12.1. The standard InChI is InChI=1S/C14H14N2O6S/c1-10-3-2-4-11(7-10)21-9-13(17)16-15-8-12-5-6-14(22-12)23(18,19)20/h2-8H,9H2,1H3,(H,16,17)(H,18,19,20)/p-1/b15-8-. The van der Waals surface area contributed by atoms with Crippen molar-refractivity contribution in [2.45, 2.75) is 12.0 Å². The van der Waals surface area contributed by atoms with Gasteiger partial charge in [0, 0.05) is 0 Å². The highest BCUT2D eigenvalue weighted by Crippen LogP contribution is 2.12.